The normalized spacial score (nSPS) is 15.3. The van der Waals surface area contributed by atoms with Gasteiger partial charge in [0, 0.05) is 0 Å². The molecule has 1 atom stereocenters. The maximum Gasteiger partial charge on any atom is 0.123 e. The third kappa shape index (κ3) is 2.27. The lowest BCUT2D eigenvalue weighted by Crippen LogP contribution is -2.14. The molecule has 3 heteroatoms. The van der Waals surface area contributed by atoms with Gasteiger partial charge >= 0.3 is 0 Å². The predicted molar refractivity (Wildman–Crippen MR) is 72.1 cm³/mol. The third-order valence-corrected chi connectivity index (χ3v) is 3.68. The van der Waals surface area contributed by atoms with E-state index in [0.717, 1.165) is 16.7 Å². The molecular weight excluding hydrogens is 241 g/mol. The van der Waals surface area contributed by atoms with E-state index >= 15 is 0 Å². The summed E-state index contributed by atoms with van der Waals surface area (Å²) >= 11 is 0. The van der Waals surface area contributed by atoms with Gasteiger partial charge in [0.25, 0.3) is 0 Å². The fourth-order valence-corrected chi connectivity index (χ4v) is 2.51. The van der Waals surface area contributed by atoms with Crippen LogP contribution in [0.1, 0.15) is 33.9 Å². The summed E-state index contributed by atoms with van der Waals surface area (Å²) in [6, 6.07) is 10.6. The number of aryl methyl sites for hydroxylation is 1. The maximum absolute atomic E-state index is 13.4. The Bertz CT molecular complexity index is 624. The largest absolute Gasteiger partial charge is 0.372 e. The first kappa shape index (κ1) is 12.3. The smallest absolute Gasteiger partial charge is 0.123 e. The lowest BCUT2D eigenvalue weighted by Gasteiger charge is -2.16. The van der Waals surface area contributed by atoms with Gasteiger partial charge in [0.2, 0.25) is 0 Å². The van der Waals surface area contributed by atoms with Crippen molar-refractivity contribution in [1.82, 2.24) is 0 Å². The van der Waals surface area contributed by atoms with Gasteiger partial charge in [-0.25, -0.2) is 4.39 Å². The van der Waals surface area contributed by atoms with Crippen molar-refractivity contribution in [1.29, 1.82) is 0 Å². The van der Waals surface area contributed by atoms with Crippen LogP contribution in [-0.4, -0.2) is 0 Å². The SMILES string of the molecule is Cc1ccc(F)cc1C(N)c1ccc2c(c1)COC2. The number of fused-ring (bicyclic) bond motifs is 1. The second-order valence-corrected chi connectivity index (χ2v) is 5.00. The van der Waals surface area contributed by atoms with Crippen molar-refractivity contribution in [2.45, 2.75) is 26.2 Å². The quantitative estimate of drug-likeness (QED) is 0.896. The molecule has 0 fully saturated rings. The molecule has 0 aromatic heterocycles. The number of benzene rings is 2. The van der Waals surface area contributed by atoms with Crippen LogP contribution < -0.4 is 5.73 Å². The van der Waals surface area contributed by atoms with Crippen molar-refractivity contribution in [3.05, 3.63) is 70.0 Å². The van der Waals surface area contributed by atoms with Crippen LogP contribution in [0.15, 0.2) is 36.4 Å². The number of ether oxygens (including phenoxy) is 1. The van der Waals surface area contributed by atoms with E-state index in [0.29, 0.717) is 13.2 Å². The summed E-state index contributed by atoms with van der Waals surface area (Å²) in [6.45, 7) is 3.26. The second-order valence-electron chi connectivity index (χ2n) is 5.00. The van der Waals surface area contributed by atoms with Crippen LogP contribution in [0.25, 0.3) is 0 Å². The molecule has 2 N–H and O–H groups in total. The molecule has 1 unspecified atom stereocenters. The van der Waals surface area contributed by atoms with E-state index in [9.17, 15) is 4.39 Å². The molecule has 0 radical (unpaired) electrons. The number of nitrogens with two attached hydrogens (primary N) is 1. The minimum absolute atomic E-state index is 0.249. The molecule has 1 heterocycles. The Kier molecular flexibility index (Phi) is 3.09. The molecule has 1 aliphatic rings. The zero-order valence-electron chi connectivity index (χ0n) is 10.8. The molecular formula is C16H16FNO. The van der Waals surface area contributed by atoms with Crippen molar-refractivity contribution < 1.29 is 9.13 Å². The molecule has 19 heavy (non-hydrogen) atoms. The molecule has 0 aliphatic carbocycles. The summed E-state index contributed by atoms with van der Waals surface area (Å²) in [5, 5.41) is 0. The zero-order valence-corrected chi connectivity index (χ0v) is 10.8. The summed E-state index contributed by atoms with van der Waals surface area (Å²) in [5.74, 6) is -0.249. The van der Waals surface area contributed by atoms with Crippen molar-refractivity contribution >= 4 is 0 Å². The molecule has 98 valence electrons. The van der Waals surface area contributed by atoms with Crippen LogP contribution in [0, 0.1) is 12.7 Å². The van der Waals surface area contributed by atoms with Crippen molar-refractivity contribution in [3.63, 3.8) is 0 Å². The number of hydrogen-bond donors (Lipinski definition) is 1. The zero-order chi connectivity index (χ0) is 13.4. The van der Waals surface area contributed by atoms with Crippen LogP contribution >= 0.6 is 0 Å². The van der Waals surface area contributed by atoms with E-state index < -0.39 is 0 Å². The molecule has 2 aromatic carbocycles. The van der Waals surface area contributed by atoms with Crippen molar-refractivity contribution in [3.8, 4) is 0 Å². The van der Waals surface area contributed by atoms with E-state index in [4.69, 9.17) is 10.5 Å². The third-order valence-electron chi connectivity index (χ3n) is 3.68. The Morgan fingerprint density at radius 2 is 1.89 bits per heavy atom. The van der Waals surface area contributed by atoms with Gasteiger partial charge in [-0.2, -0.15) is 0 Å². The van der Waals surface area contributed by atoms with Crippen LogP contribution in [0.2, 0.25) is 0 Å². The highest BCUT2D eigenvalue weighted by molar-refractivity contribution is 5.41. The van der Waals surface area contributed by atoms with E-state index in [1.807, 2.05) is 19.1 Å². The molecule has 0 spiro atoms. The second kappa shape index (κ2) is 4.76. The van der Waals surface area contributed by atoms with Crippen LogP contribution in [-0.2, 0) is 18.0 Å². The molecule has 0 bridgehead atoms. The first-order valence-corrected chi connectivity index (χ1v) is 6.36. The summed E-state index contributed by atoms with van der Waals surface area (Å²) < 4.78 is 18.8. The van der Waals surface area contributed by atoms with E-state index in [1.165, 1.54) is 23.3 Å². The van der Waals surface area contributed by atoms with E-state index in [-0.39, 0.29) is 11.9 Å². The maximum atomic E-state index is 13.4. The number of rotatable bonds is 2. The van der Waals surface area contributed by atoms with E-state index in [1.54, 1.807) is 6.07 Å². The van der Waals surface area contributed by atoms with Gasteiger partial charge in [-0.1, -0.05) is 24.3 Å². The topological polar surface area (TPSA) is 35.2 Å². The summed E-state index contributed by atoms with van der Waals surface area (Å²) in [4.78, 5) is 0. The first-order chi connectivity index (χ1) is 9.15. The molecule has 3 rings (SSSR count). The standard InChI is InChI=1S/C16H16FNO/c1-10-2-5-14(17)7-15(10)16(18)11-3-4-12-8-19-9-13(12)6-11/h2-7,16H,8-9,18H2,1H3. The van der Waals surface area contributed by atoms with Crippen molar-refractivity contribution in [2.75, 3.05) is 0 Å². The molecule has 0 amide bonds. The van der Waals surface area contributed by atoms with Crippen LogP contribution in [0.5, 0.6) is 0 Å². The van der Waals surface area contributed by atoms with Gasteiger partial charge in [-0.3, -0.25) is 0 Å². The highest BCUT2D eigenvalue weighted by Gasteiger charge is 2.16. The summed E-state index contributed by atoms with van der Waals surface area (Å²) in [7, 11) is 0. The van der Waals surface area contributed by atoms with Gasteiger partial charge in [0.15, 0.2) is 0 Å². The molecule has 2 aromatic rings. The number of hydrogen-bond acceptors (Lipinski definition) is 2. The highest BCUT2D eigenvalue weighted by atomic mass is 19.1. The van der Waals surface area contributed by atoms with Gasteiger partial charge in [-0.05, 0) is 46.9 Å². The first-order valence-electron chi connectivity index (χ1n) is 6.36. The minimum Gasteiger partial charge on any atom is -0.372 e. The van der Waals surface area contributed by atoms with E-state index in [2.05, 4.69) is 6.07 Å². The van der Waals surface area contributed by atoms with Gasteiger partial charge in [-0.15, -0.1) is 0 Å². The molecule has 1 aliphatic heterocycles. The Hall–Kier alpha value is -1.71. The minimum atomic E-state index is -0.304. The van der Waals surface area contributed by atoms with Gasteiger partial charge in [0.05, 0.1) is 19.3 Å². The Labute approximate surface area is 112 Å². The monoisotopic (exact) mass is 257 g/mol. The average molecular weight is 257 g/mol. The Morgan fingerprint density at radius 3 is 2.74 bits per heavy atom. The lowest BCUT2D eigenvalue weighted by atomic mass is 9.93. The van der Waals surface area contributed by atoms with Crippen molar-refractivity contribution in [2.24, 2.45) is 5.73 Å². The number of halogens is 1. The summed E-state index contributed by atoms with van der Waals surface area (Å²) in [6.07, 6.45) is 0. The highest BCUT2D eigenvalue weighted by Crippen LogP contribution is 2.27. The average Bonchev–Trinajstić information content (AvgIpc) is 2.88. The molecule has 0 saturated carbocycles. The molecule has 2 nitrogen and oxygen atoms in total. The van der Waals surface area contributed by atoms with Crippen LogP contribution in [0.4, 0.5) is 4.39 Å². The predicted octanol–water partition coefficient (Wildman–Crippen LogP) is 3.21. The molecule has 0 saturated heterocycles. The van der Waals surface area contributed by atoms with Gasteiger partial charge in [0.1, 0.15) is 5.82 Å². The fraction of sp³-hybridized carbons (Fsp3) is 0.250. The fourth-order valence-electron chi connectivity index (χ4n) is 2.51. The summed E-state index contributed by atoms with van der Waals surface area (Å²) in [5.41, 5.74) is 11.5. The Morgan fingerprint density at radius 1 is 1.11 bits per heavy atom. The van der Waals surface area contributed by atoms with Crippen LogP contribution in [0.3, 0.4) is 0 Å². The Balaban J connectivity index is 1.99. The lowest BCUT2D eigenvalue weighted by molar-refractivity contribution is 0.134. The van der Waals surface area contributed by atoms with Gasteiger partial charge < -0.3 is 10.5 Å².